The molecule has 0 aromatic heterocycles. The Balaban J connectivity index is 1.70. The van der Waals surface area contributed by atoms with Crippen LogP contribution in [0.3, 0.4) is 0 Å². The normalized spacial score (nSPS) is 18.7. The first kappa shape index (κ1) is 24.7. The van der Waals surface area contributed by atoms with Crippen molar-refractivity contribution in [3.8, 4) is 0 Å². The number of carbonyl (C=O) groups is 2. The lowest BCUT2D eigenvalue weighted by Gasteiger charge is -2.18. The number of amides is 1. The third-order valence-electron chi connectivity index (χ3n) is 5.22. The van der Waals surface area contributed by atoms with Crippen molar-refractivity contribution in [3.05, 3.63) is 64.7 Å². The lowest BCUT2D eigenvalue weighted by molar-refractivity contribution is -0.115. The first-order valence-corrected chi connectivity index (χ1v) is 13.5. The van der Waals surface area contributed by atoms with Crippen molar-refractivity contribution in [3.63, 3.8) is 0 Å². The van der Waals surface area contributed by atoms with Gasteiger partial charge in [0.15, 0.2) is 5.78 Å². The summed E-state index contributed by atoms with van der Waals surface area (Å²) in [7, 11) is -3.18. The van der Waals surface area contributed by atoms with Crippen LogP contribution in [0.25, 0.3) is 0 Å². The molecule has 0 aliphatic carbocycles. The molecule has 2 aromatic rings. The standard InChI is InChI=1S/C24H30NO5PS/c1-5-29-31(28,30-6-2)15-18-8-11-20(12-9-18)25-24(27)22-14-19-10-7-16(3)13-21(19)23(26)17(4)32-22/h7-13,17,22H,5-6,14-15H2,1-4H3,(H,25,27)/t17-,22+/m0/s1. The fourth-order valence-electron chi connectivity index (χ4n) is 3.69. The van der Waals surface area contributed by atoms with Gasteiger partial charge in [-0.15, -0.1) is 11.8 Å². The molecule has 0 saturated heterocycles. The van der Waals surface area contributed by atoms with Gasteiger partial charge < -0.3 is 14.4 Å². The molecule has 2 atom stereocenters. The third-order valence-corrected chi connectivity index (χ3v) is 8.60. The number of thioether (sulfide) groups is 1. The van der Waals surface area contributed by atoms with Crippen molar-refractivity contribution in [1.82, 2.24) is 0 Å². The summed E-state index contributed by atoms with van der Waals surface area (Å²) >= 11 is 1.40. The summed E-state index contributed by atoms with van der Waals surface area (Å²) in [6.07, 6.45) is 0.684. The van der Waals surface area contributed by atoms with Crippen LogP contribution >= 0.6 is 19.4 Å². The van der Waals surface area contributed by atoms with Gasteiger partial charge in [0.2, 0.25) is 5.91 Å². The number of rotatable bonds is 8. The van der Waals surface area contributed by atoms with E-state index in [1.807, 2.05) is 44.2 Å². The van der Waals surface area contributed by atoms with E-state index in [2.05, 4.69) is 5.32 Å². The number of hydrogen-bond donors (Lipinski definition) is 1. The number of carbonyl (C=O) groups excluding carboxylic acids is 2. The zero-order valence-corrected chi connectivity index (χ0v) is 20.6. The second kappa shape index (κ2) is 10.8. The van der Waals surface area contributed by atoms with Crippen LogP contribution in [-0.2, 0) is 31.0 Å². The van der Waals surface area contributed by atoms with Crippen LogP contribution in [0.1, 0.15) is 47.8 Å². The van der Waals surface area contributed by atoms with Crippen molar-refractivity contribution in [2.75, 3.05) is 18.5 Å². The number of benzene rings is 2. The molecule has 6 nitrogen and oxygen atoms in total. The van der Waals surface area contributed by atoms with Crippen LogP contribution in [0.2, 0.25) is 0 Å². The van der Waals surface area contributed by atoms with Crippen LogP contribution in [0.15, 0.2) is 42.5 Å². The summed E-state index contributed by atoms with van der Waals surface area (Å²) in [6.45, 7) is 8.01. The number of nitrogens with one attached hydrogen (secondary N) is 1. The number of fused-ring (bicyclic) bond motifs is 1. The summed E-state index contributed by atoms with van der Waals surface area (Å²) in [6, 6.07) is 13.0. The highest BCUT2D eigenvalue weighted by Crippen LogP contribution is 2.51. The molecule has 1 aliphatic rings. The molecule has 172 valence electrons. The van der Waals surface area contributed by atoms with E-state index in [4.69, 9.17) is 9.05 Å². The van der Waals surface area contributed by atoms with Gasteiger partial charge in [-0.25, -0.2) is 0 Å². The lowest BCUT2D eigenvalue weighted by Crippen LogP contribution is -2.28. The zero-order valence-electron chi connectivity index (χ0n) is 18.9. The molecule has 0 bridgehead atoms. The number of ketones is 1. The minimum absolute atomic E-state index is 0.0707. The van der Waals surface area contributed by atoms with Crippen molar-refractivity contribution in [1.29, 1.82) is 0 Å². The van der Waals surface area contributed by atoms with E-state index in [0.29, 0.717) is 25.3 Å². The molecule has 0 unspecified atom stereocenters. The Labute approximate surface area is 194 Å². The highest BCUT2D eigenvalue weighted by Gasteiger charge is 2.32. The summed E-state index contributed by atoms with van der Waals surface area (Å²) in [5.74, 6) is -0.0634. The van der Waals surface area contributed by atoms with Crippen molar-refractivity contribution >= 4 is 36.7 Å². The highest BCUT2D eigenvalue weighted by atomic mass is 32.2. The Bertz CT molecular complexity index is 1010. The SMILES string of the molecule is CCOP(=O)(Cc1ccc(NC(=O)[C@H]2Cc3ccc(C)cc3C(=O)[C@H](C)S2)cc1)OCC. The first-order valence-electron chi connectivity index (χ1n) is 10.8. The fourth-order valence-corrected chi connectivity index (χ4v) is 6.59. The summed E-state index contributed by atoms with van der Waals surface area (Å²) in [5, 5.41) is 2.30. The molecule has 0 fully saturated rings. The predicted octanol–water partition coefficient (Wildman–Crippen LogP) is 5.63. The fraction of sp³-hybridized carbons (Fsp3) is 0.417. The molecule has 8 heteroatoms. The molecule has 3 rings (SSSR count). The van der Waals surface area contributed by atoms with Gasteiger partial charge in [0.05, 0.1) is 29.9 Å². The predicted molar refractivity (Wildman–Crippen MR) is 130 cm³/mol. The van der Waals surface area contributed by atoms with Gasteiger partial charge >= 0.3 is 7.60 Å². The number of hydrogen-bond acceptors (Lipinski definition) is 6. The Hall–Kier alpha value is -1.92. The molecule has 0 spiro atoms. The highest BCUT2D eigenvalue weighted by molar-refractivity contribution is 8.02. The molecule has 1 amide bonds. The Morgan fingerprint density at radius 1 is 1.12 bits per heavy atom. The van der Waals surface area contributed by atoms with Gasteiger partial charge in [0.1, 0.15) is 0 Å². The van der Waals surface area contributed by atoms with Gasteiger partial charge in [-0.05, 0) is 63.4 Å². The average Bonchev–Trinajstić information content (AvgIpc) is 2.86. The van der Waals surface area contributed by atoms with Crippen LogP contribution in [0.5, 0.6) is 0 Å². The van der Waals surface area contributed by atoms with Crippen LogP contribution < -0.4 is 5.32 Å². The minimum atomic E-state index is -3.18. The molecule has 2 aromatic carbocycles. The first-order chi connectivity index (χ1) is 15.2. The minimum Gasteiger partial charge on any atom is -0.325 e. The molecular formula is C24H30NO5PS. The van der Waals surface area contributed by atoms with Gasteiger partial charge in [-0.2, -0.15) is 0 Å². The molecule has 1 heterocycles. The monoisotopic (exact) mass is 475 g/mol. The second-order valence-corrected chi connectivity index (χ2v) is 11.4. The van der Waals surface area contributed by atoms with Crippen molar-refractivity contribution < 1.29 is 23.2 Å². The average molecular weight is 476 g/mol. The third kappa shape index (κ3) is 6.10. The van der Waals surface area contributed by atoms with E-state index in [1.54, 1.807) is 26.0 Å². The molecule has 1 N–H and O–H groups in total. The quantitative estimate of drug-likeness (QED) is 0.499. The number of Topliss-reactive ketones (excluding diaryl/α,β-unsaturated/α-hetero) is 1. The van der Waals surface area contributed by atoms with Gasteiger partial charge in [0, 0.05) is 11.3 Å². The largest absolute Gasteiger partial charge is 0.335 e. The van der Waals surface area contributed by atoms with Gasteiger partial charge in [0.25, 0.3) is 0 Å². The van der Waals surface area contributed by atoms with E-state index >= 15 is 0 Å². The van der Waals surface area contributed by atoms with Crippen molar-refractivity contribution in [2.24, 2.45) is 0 Å². The molecule has 1 aliphatic heterocycles. The van der Waals surface area contributed by atoms with Crippen LogP contribution in [-0.4, -0.2) is 35.4 Å². The van der Waals surface area contributed by atoms with E-state index in [-0.39, 0.29) is 28.4 Å². The van der Waals surface area contributed by atoms with E-state index in [9.17, 15) is 14.2 Å². The van der Waals surface area contributed by atoms with Gasteiger partial charge in [-0.1, -0.05) is 29.8 Å². The smallest absolute Gasteiger partial charge is 0.325 e. The lowest BCUT2D eigenvalue weighted by atomic mass is 9.96. The Kier molecular flexibility index (Phi) is 8.34. The number of anilines is 1. The Morgan fingerprint density at radius 2 is 1.78 bits per heavy atom. The van der Waals surface area contributed by atoms with Crippen LogP contribution in [0.4, 0.5) is 5.69 Å². The second-order valence-electron chi connectivity index (χ2n) is 7.79. The van der Waals surface area contributed by atoms with E-state index in [0.717, 1.165) is 22.3 Å². The van der Waals surface area contributed by atoms with Gasteiger partial charge in [-0.3, -0.25) is 14.2 Å². The van der Waals surface area contributed by atoms with E-state index in [1.165, 1.54) is 11.8 Å². The molecule has 0 saturated carbocycles. The maximum atomic E-state index is 13.0. The van der Waals surface area contributed by atoms with E-state index < -0.39 is 7.60 Å². The maximum Gasteiger partial charge on any atom is 0.335 e. The summed E-state index contributed by atoms with van der Waals surface area (Å²) < 4.78 is 23.4. The topological polar surface area (TPSA) is 81.7 Å². The molecular weight excluding hydrogens is 445 g/mol. The summed E-state index contributed by atoms with van der Waals surface area (Å²) in [4.78, 5) is 25.8. The molecule has 32 heavy (non-hydrogen) atoms. The number of aryl methyl sites for hydroxylation is 1. The maximum absolute atomic E-state index is 13.0. The molecule has 0 radical (unpaired) electrons. The zero-order chi connectivity index (χ0) is 23.3. The Morgan fingerprint density at radius 3 is 2.41 bits per heavy atom. The van der Waals surface area contributed by atoms with Crippen molar-refractivity contribution in [2.45, 2.75) is 50.8 Å². The van der Waals surface area contributed by atoms with Crippen LogP contribution in [0, 0.1) is 6.92 Å². The summed E-state index contributed by atoms with van der Waals surface area (Å²) in [5.41, 5.74) is 4.12.